The summed E-state index contributed by atoms with van der Waals surface area (Å²) in [5.74, 6) is 0. The fraction of sp³-hybridized carbons (Fsp3) is 0. The monoisotopic (exact) mass is 205 g/mol. The Hall–Kier alpha value is -0.124. The number of hydrogen-bond donors (Lipinski definition) is 0. The van der Waals surface area contributed by atoms with E-state index >= 15 is 0 Å². The van der Waals surface area contributed by atoms with E-state index in [4.69, 9.17) is 0 Å². The van der Waals surface area contributed by atoms with Gasteiger partial charge in [0.05, 0.1) is 0 Å². The van der Waals surface area contributed by atoms with E-state index in [0.717, 1.165) is 11.0 Å². The Labute approximate surface area is 125 Å². The van der Waals surface area contributed by atoms with Crippen molar-refractivity contribution in [3.05, 3.63) is 48.5 Å². The number of nitrogens with zero attached hydrogens (tertiary/aromatic N) is 1. The van der Waals surface area contributed by atoms with Crippen LogP contribution in [0.1, 0.15) is 0 Å². The Morgan fingerprint density at radius 3 is 2.64 bits per heavy atom. The quantitative estimate of drug-likeness (QED) is 0.375. The van der Waals surface area contributed by atoms with Crippen LogP contribution < -0.4 is 51.4 Å². The van der Waals surface area contributed by atoms with E-state index in [-0.39, 0.29) is 51.4 Å². The number of aromatic nitrogens is 1. The van der Waals surface area contributed by atoms with Crippen LogP contribution in [0.3, 0.4) is 0 Å². The van der Waals surface area contributed by atoms with Gasteiger partial charge in [-0.3, -0.25) is 0 Å². The summed E-state index contributed by atoms with van der Waals surface area (Å²) in [4.78, 5) is 4.52. The van der Waals surface area contributed by atoms with Crippen molar-refractivity contribution >= 4 is 21.8 Å². The summed E-state index contributed by atoms with van der Waals surface area (Å²) in [7, 11) is 0. The van der Waals surface area contributed by atoms with Gasteiger partial charge in [-0.25, -0.2) is 0 Å². The second-order valence-electron chi connectivity index (χ2n) is 3.15. The molecule has 0 aliphatic carbocycles. The number of fused-ring (bicyclic) bond motifs is 3. The Morgan fingerprint density at radius 1 is 0.929 bits per heavy atom. The van der Waals surface area contributed by atoms with Gasteiger partial charge in [0.25, 0.3) is 0 Å². The maximum atomic E-state index is 4.52. The van der Waals surface area contributed by atoms with Gasteiger partial charge in [-0.1, -0.05) is 29.0 Å². The summed E-state index contributed by atoms with van der Waals surface area (Å²) in [6, 6.07) is 16.5. The molecule has 0 amide bonds. The molecular weight excluding hydrogens is 197 g/mol. The maximum absolute atomic E-state index is 4.52. The summed E-state index contributed by atoms with van der Waals surface area (Å²) >= 11 is 0. The maximum Gasteiger partial charge on any atom is 1.00 e. The predicted octanol–water partition coefficient (Wildman–Crippen LogP) is 0.111. The average Bonchev–Trinajstić information content (AvgIpc) is 2.56. The topological polar surface area (TPSA) is 12.9 Å². The van der Waals surface area contributed by atoms with E-state index in [9.17, 15) is 0 Å². The third-order valence-electron chi connectivity index (χ3n) is 2.34. The van der Waals surface area contributed by atoms with E-state index in [1.165, 1.54) is 10.8 Å². The van der Waals surface area contributed by atoms with Crippen LogP contribution in [0, 0.1) is 0 Å². The van der Waals surface area contributed by atoms with Gasteiger partial charge in [0.2, 0.25) is 0 Å². The largest absolute Gasteiger partial charge is 1.00 e. The van der Waals surface area contributed by atoms with E-state index in [1.807, 2.05) is 12.1 Å². The zero-order chi connectivity index (χ0) is 8.67. The van der Waals surface area contributed by atoms with Gasteiger partial charge < -0.3 is 4.98 Å². The van der Waals surface area contributed by atoms with Crippen molar-refractivity contribution in [2.45, 2.75) is 0 Å². The molecule has 1 heterocycles. The van der Waals surface area contributed by atoms with Crippen LogP contribution in [0.5, 0.6) is 0 Å². The third-order valence-corrected chi connectivity index (χ3v) is 2.34. The molecule has 0 spiro atoms. The molecule has 2 heteroatoms. The molecule has 0 unspecified atom stereocenters. The van der Waals surface area contributed by atoms with Crippen molar-refractivity contribution in [3.8, 4) is 0 Å². The predicted molar refractivity (Wildman–Crippen MR) is 54.8 cm³/mol. The molecule has 1 nitrogen and oxygen atoms in total. The number of benzene rings is 2. The molecule has 1 aromatic heterocycles. The number of para-hydroxylation sites is 2. The molecule has 14 heavy (non-hydrogen) atoms. The van der Waals surface area contributed by atoms with Crippen molar-refractivity contribution in [2.24, 2.45) is 0 Å². The van der Waals surface area contributed by atoms with Crippen LogP contribution in [-0.4, -0.2) is 4.98 Å². The third kappa shape index (κ3) is 1.57. The standard InChI is InChI=1S/C12H8N.K/c1-3-7-11-9(5-1)10-6-2-4-8-12(10)13-11;/h1-8H;/q-1;+1. The summed E-state index contributed by atoms with van der Waals surface area (Å²) in [5.41, 5.74) is 2.17. The first kappa shape index (κ1) is 10.4. The Balaban J connectivity index is 0.000000750. The molecule has 0 aliphatic heterocycles. The summed E-state index contributed by atoms with van der Waals surface area (Å²) < 4.78 is 0. The second kappa shape index (κ2) is 4.17. The van der Waals surface area contributed by atoms with Crippen molar-refractivity contribution in [2.75, 3.05) is 0 Å². The van der Waals surface area contributed by atoms with Crippen molar-refractivity contribution < 1.29 is 51.4 Å². The Kier molecular flexibility index (Phi) is 3.09. The molecule has 0 aliphatic rings. The normalized spacial score (nSPS) is 10.3. The zero-order valence-electron chi connectivity index (χ0n) is 8.07. The molecular formula is C12H8KN. The van der Waals surface area contributed by atoms with Gasteiger partial charge in [-0.05, 0) is 5.52 Å². The molecule has 2 aromatic carbocycles. The summed E-state index contributed by atoms with van der Waals surface area (Å²) in [6.07, 6.45) is 0. The van der Waals surface area contributed by atoms with Gasteiger partial charge in [-0.2, -0.15) is 0 Å². The molecule has 0 bridgehead atoms. The minimum Gasteiger partial charge on any atom is -0.303 e. The van der Waals surface area contributed by atoms with Crippen LogP contribution in [0.2, 0.25) is 0 Å². The molecule has 0 fully saturated rings. The first-order chi connectivity index (χ1) is 6.45. The van der Waals surface area contributed by atoms with Gasteiger partial charge >= 0.3 is 51.4 Å². The number of rotatable bonds is 0. The SMILES string of the molecule is [K+].c1ccc2c(c1)nc1cccc[c-]12. The van der Waals surface area contributed by atoms with E-state index in [2.05, 4.69) is 41.4 Å². The van der Waals surface area contributed by atoms with Crippen molar-refractivity contribution in [3.63, 3.8) is 0 Å². The van der Waals surface area contributed by atoms with Crippen LogP contribution in [0.4, 0.5) is 0 Å². The summed E-state index contributed by atoms with van der Waals surface area (Å²) in [6.45, 7) is 0. The van der Waals surface area contributed by atoms with E-state index in [0.29, 0.717) is 0 Å². The molecule has 0 saturated heterocycles. The molecule has 0 N–H and O–H groups in total. The molecule has 0 radical (unpaired) electrons. The summed E-state index contributed by atoms with van der Waals surface area (Å²) in [5, 5.41) is 2.50. The van der Waals surface area contributed by atoms with Crippen LogP contribution in [0.15, 0.2) is 48.5 Å². The average molecular weight is 205 g/mol. The fourth-order valence-electron chi connectivity index (χ4n) is 1.73. The molecule has 3 aromatic rings. The minimum absolute atomic E-state index is 0. The second-order valence-corrected chi connectivity index (χ2v) is 3.15. The smallest absolute Gasteiger partial charge is 0.303 e. The van der Waals surface area contributed by atoms with Gasteiger partial charge in [-0.15, -0.1) is 30.3 Å². The van der Waals surface area contributed by atoms with Gasteiger partial charge in [0.1, 0.15) is 0 Å². The van der Waals surface area contributed by atoms with Gasteiger partial charge in [0, 0.05) is 5.52 Å². The fourth-order valence-corrected chi connectivity index (χ4v) is 1.73. The van der Waals surface area contributed by atoms with Crippen LogP contribution >= 0.6 is 0 Å². The van der Waals surface area contributed by atoms with E-state index < -0.39 is 0 Å². The molecule has 0 atom stereocenters. The van der Waals surface area contributed by atoms with Crippen molar-refractivity contribution in [1.29, 1.82) is 0 Å². The number of hydrogen-bond acceptors (Lipinski definition) is 1. The molecule has 0 saturated carbocycles. The first-order valence-electron chi connectivity index (χ1n) is 4.35. The molecule has 3 rings (SSSR count). The zero-order valence-corrected chi connectivity index (χ0v) is 11.2. The Morgan fingerprint density at radius 2 is 1.71 bits per heavy atom. The first-order valence-corrected chi connectivity index (χ1v) is 4.35. The minimum atomic E-state index is 0. The van der Waals surface area contributed by atoms with Crippen LogP contribution in [-0.2, 0) is 0 Å². The van der Waals surface area contributed by atoms with Crippen molar-refractivity contribution in [1.82, 2.24) is 4.98 Å². The molecule has 62 valence electrons. The van der Waals surface area contributed by atoms with E-state index in [1.54, 1.807) is 0 Å². The Bertz CT molecular complexity index is 518. The van der Waals surface area contributed by atoms with Crippen LogP contribution in [0.25, 0.3) is 21.8 Å². The van der Waals surface area contributed by atoms with Gasteiger partial charge in [0.15, 0.2) is 0 Å².